The van der Waals surface area contributed by atoms with Crippen LogP contribution >= 0.6 is 7.53 Å². The molecule has 110 valence electrons. The van der Waals surface area contributed by atoms with Crippen molar-refractivity contribution in [1.29, 1.82) is 0 Å². The number of nitrogens with zero attached hydrogens (tertiary/aromatic N) is 1. The van der Waals surface area contributed by atoms with Gasteiger partial charge in [-0.3, -0.25) is 4.99 Å². The second-order valence-corrected chi connectivity index (χ2v) is 7.91. The highest BCUT2D eigenvalue weighted by Gasteiger charge is 2.22. The highest BCUT2D eigenvalue weighted by atomic mass is 31.1. The van der Waals surface area contributed by atoms with Gasteiger partial charge in [0.05, 0.1) is 5.71 Å². The molecule has 0 saturated carbocycles. The molecule has 0 N–H and O–H groups in total. The minimum Gasteiger partial charge on any atom is -0.260 e. The van der Waals surface area contributed by atoms with E-state index in [2.05, 4.69) is 48.3 Å². The van der Waals surface area contributed by atoms with Gasteiger partial charge < -0.3 is 0 Å². The molecule has 2 heterocycles. The second kappa shape index (κ2) is 6.10. The minimum atomic E-state index is -0.370. The Hall–Kier alpha value is -1.85. The third-order valence-corrected chi connectivity index (χ3v) is 6.94. The molecule has 0 bridgehead atoms. The number of benzene rings is 1. The second-order valence-electron chi connectivity index (χ2n) is 5.94. The normalized spacial score (nSPS) is 17.8. The topological polar surface area (TPSA) is 12.4 Å². The Morgan fingerprint density at radius 2 is 1.82 bits per heavy atom. The summed E-state index contributed by atoms with van der Waals surface area (Å²) in [5, 5.41) is 3.01. The van der Waals surface area contributed by atoms with E-state index in [4.69, 9.17) is 4.99 Å². The summed E-state index contributed by atoms with van der Waals surface area (Å²) >= 11 is 0. The molecule has 1 unspecified atom stereocenters. The molecule has 0 amide bonds. The van der Waals surface area contributed by atoms with Gasteiger partial charge in [0.15, 0.2) is 0 Å². The molecule has 2 aromatic rings. The van der Waals surface area contributed by atoms with E-state index < -0.39 is 0 Å². The van der Waals surface area contributed by atoms with E-state index in [0.29, 0.717) is 0 Å². The summed E-state index contributed by atoms with van der Waals surface area (Å²) in [6.07, 6.45) is 14.4. The van der Waals surface area contributed by atoms with Crippen LogP contribution in [0, 0.1) is 0 Å². The van der Waals surface area contributed by atoms with Crippen molar-refractivity contribution in [3.05, 3.63) is 77.0 Å². The lowest BCUT2D eigenvalue weighted by Gasteiger charge is -2.15. The van der Waals surface area contributed by atoms with Crippen LogP contribution < -0.4 is 0 Å². The van der Waals surface area contributed by atoms with Crippen LogP contribution in [0.5, 0.6) is 0 Å². The molecule has 4 rings (SSSR count). The van der Waals surface area contributed by atoms with Crippen LogP contribution in [0.1, 0.15) is 35.7 Å². The number of fused-ring (bicyclic) bond motifs is 1. The lowest BCUT2D eigenvalue weighted by Crippen LogP contribution is -2.06. The van der Waals surface area contributed by atoms with Crippen molar-refractivity contribution < 1.29 is 0 Å². The van der Waals surface area contributed by atoms with Crippen LogP contribution in [-0.2, 0) is 12.8 Å². The van der Waals surface area contributed by atoms with Gasteiger partial charge in [0, 0.05) is 17.9 Å². The van der Waals surface area contributed by atoms with E-state index in [0.717, 1.165) is 6.42 Å². The highest BCUT2D eigenvalue weighted by Crippen LogP contribution is 2.50. The van der Waals surface area contributed by atoms with Crippen molar-refractivity contribution in [2.45, 2.75) is 32.1 Å². The SMILES string of the molecule is C1=CCC(c2c3c(cp2-c2ccccc2)CCCC3)=NC=C1. The lowest BCUT2D eigenvalue weighted by molar-refractivity contribution is 0.689. The predicted molar refractivity (Wildman–Crippen MR) is 96.6 cm³/mol. The maximum atomic E-state index is 4.77. The van der Waals surface area contributed by atoms with Crippen molar-refractivity contribution in [3.8, 4) is 5.30 Å². The average Bonchev–Trinajstić information content (AvgIpc) is 2.76. The molecule has 2 aliphatic rings. The van der Waals surface area contributed by atoms with Crippen LogP contribution in [0.15, 0.2) is 65.6 Å². The first-order valence-corrected chi connectivity index (χ1v) is 9.52. The summed E-state index contributed by atoms with van der Waals surface area (Å²) in [5.74, 6) is 2.56. The molecule has 1 aliphatic carbocycles. The molecule has 0 saturated heterocycles. The van der Waals surface area contributed by atoms with Gasteiger partial charge in [0.25, 0.3) is 0 Å². The molecule has 22 heavy (non-hydrogen) atoms. The first-order chi connectivity index (χ1) is 10.9. The molecule has 1 aromatic carbocycles. The Morgan fingerprint density at radius 1 is 0.955 bits per heavy atom. The van der Waals surface area contributed by atoms with Crippen LogP contribution in [0.3, 0.4) is 0 Å². The maximum absolute atomic E-state index is 4.77. The van der Waals surface area contributed by atoms with Crippen molar-refractivity contribution in [3.63, 3.8) is 0 Å². The van der Waals surface area contributed by atoms with Gasteiger partial charge in [0.1, 0.15) is 0 Å². The van der Waals surface area contributed by atoms with Gasteiger partial charge >= 0.3 is 0 Å². The summed E-state index contributed by atoms with van der Waals surface area (Å²) in [6, 6.07) is 11.0. The summed E-state index contributed by atoms with van der Waals surface area (Å²) in [7, 11) is -0.370. The standard InChI is InChI=1S/C20H20NP/c1-3-10-17(11-4-1)22-15-16-9-6-7-12-18(16)20(22)19-13-5-2-8-14-21-19/h1-5,8,10-11,14-15H,6-7,9,12-13H2. The third-order valence-electron chi connectivity index (χ3n) is 4.50. The van der Waals surface area contributed by atoms with E-state index >= 15 is 0 Å². The van der Waals surface area contributed by atoms with Crippen molar-refractivity contribution in [2.75, 3.05) is 0 Å². The number of allylic oxidation sites excluding steroid dienone is 3. The van der Waals surface area contributed by atoms with E-state index in [1.54, 1.807) is 16.4 Å². The zero-order chi connectivity index (χ0) is 14.8. The Bertz CT molecular complexity index is 763. The zero-order valence-corrected chi connectivity index (χ0v) is 13.6. The van der Waals surface area contributed by atoms with Crippen LogP contribution in [0.25, 0.3) is 5.30 Å². The molecule has 1 atom stereocenters. The molecule has 1 aliphatic heterocycles. The number of aryl methyl sites for hydroxylation is 1. The van der Waals surface area contributed by atoms with Crippen molar-refractivity contribution >= 4 is 13.2 Å². The van der Waals surface area contributed by atoms with Crippen molar-refractivity contribution in [1.82, 2.24) is 0 Å². The molecule has 0 radical (unpaired) electrons. The van der Waals surface area contributed by atoms with Crippen LogP contribution in [0.2, 0.25) is 0 Å². The van der Waals surface area contributed by atoms with Crippen molar-refractivity contribution in [2.24, 2.45) is 4.99 Å². The minimum absolute atomic E-state index is 0.370. The fourth-order valence-electron chi connectivity index (χ4n) is 3.46. The maximum Gasteiger partial charge on any atom is 0.0559 e. The summed E-state index contributed by atoms with van der Waals surface area (Å²) in [6.45, 7) is 0. The smallest absolute Gasteiger partial charge is 0.0559 e. The summed E-state index contributed by atoms with van der Waals surface area (Å²) < 4.78 is 0. The Kier molecular flexibility index (Phi) is 3.83. The van der Waals surface area contributed by atoms with E-state index in [1.165, 1.54) is 36.7 Å². The van der Waals surface area contributed by atoms with Gasteiger partial charge in [-0.15, -0.1) is 0 Å². The number of aliphatic imine (C=N–C) groups is 1. The molecular weight excluding hydrogens is 285 g/mol. The van der Waals surface area contributed by atoms with Gasteiger partial charge in [-0.05, 0) is 54.0 Å². The predicted octanol–water partition coefficient (Wildman–Crippen LogP) is 5.80. The quantitative estimate of drug-likeness (QED) is 0.664. The molecule has 0 spiro atoms. The molecule has 1 aromatic heterocycles. The number of hydrogen-bond donors (Lipinski definition) is 0. The van der Waals surface area contributed by atoms with E-state index in [9.17, 15) is 0 Å². The zero-order valence-electron chi connectivity index (χ0n) is 12.7. The Labute approximate surface area is 133 Å². The monoisotopic (exact) mass is 305 g/mol. The number of rotatable bonds is 2. The fourth-order valence-corrected chi connectivity index (χ4v) is 6.06. The van der Waals surface area contributed by atoms with Gasteiger partial charge in [0.2, 0.25) is 0 Å². The largest absolute Gasteiger partial charge is 0.260 e. The Morgan fingerprint density at radius 3 is 2.73 bits per heavy atom. The average molecular weight is 305 g/mol. The van der Waals surface area contributed by atoms with Crippen LogP contribution in [0.4, 0.5) is 0 Å². The fraction of sp³-hybridized carbons (Fsp3) is 0.250. The molecular formula is C20H20NP. The van der Waals surface area contributed by atoms with Gasteiger partial charge in [-0.1, -0.05) is 50.0 Å². The number of hydrogen-bond acceptors (Lipinski definition) is 1. The lowest BCUT2D eigenvalue weighted by atomic mass is 9.92. The molecule has 1 nitrogen and oxygen atoms in total. The first-order valence-electron chi connectivity index (χ1n) is 8.11. The van der Waals surface area contributed by atoms with Gasteiger partial charge in [-0.25, -0.2) is 0 Å². The summed E-state index contributed by atoms with van der Waals surface area (Å²) in [4.78, 5) is 4.77. The summed E-state index contributed by atoms with van der Waals surface area (Å²) in [5.41, 5.74) is 4.50. The van der Waals surface area contributed by atoms with E-state index in [1.807, 2.05) is 12.3 Å². The first kappa shape index (κ1) is 13.8. The molecule has 0 fully saturated rings. The third kappa shape index (κ3) is 2.51. The van der Waals surface area contributed by atoms with Crippen LogP contribution in [-0.4, -0.2) is 5.71 Å². The Balaban J connectivity index is 1.91. The van der Waals surface area contributed by atoms with E-state index in [-0.39, 0.29) is 7.53 Å². The van der Waals surface area contributed by atoms with Gasteiger partial charge in [-0.2, -0.15) is 0 Å². The molecule has 2 heteroatoms. The highest BCUT2D eigenvalue weighted by molar-refractivity contribution is 7.58.